The number of hydrogen-bond acceptors (Lipinski definition) is 4. The van der Waals surface area contributed by atoms with Gasteiger partial charge in [0.25, 0.3) is 0 Å². The summed E-state index contributed by atoms with van der Waals surface area (Å²) in [4.78, 5) is 18.9. The summed E-state index contributed by atoms with van der Waals surface area (Å²) in [5.74, 6) is 0.244. The van der Waals surface area contributed by atoms with E-state index in [0.29, 0.717) is 6.54 Å². The van der Waals surface area contributed by atoms with Crippen LogP contribution in [0.15, 0.2) is 6.07 Å². The lowest BCUT2D eigenvalue weighted by Crippen LogP contribution is -2.49. The number of piperazine rings is 1. The normalized spacial score (nSPS) is 15.3. The summed E-state index contributed by atoms with van der Waals surface area (Å²) in [6.07, 6.45) is 0. The van der Waals surface area contributed by atoms with E-state index in [9.17, 15) is 4.79 Å². The second-order valence-corrected chi connectivity index (χ2v) is 6.70. The Hall–Kier alpha value is -0.620. The highest BCUT2D eigenvalue weighted by atomic mass is 35.5. The number of nitrogens with zero attached hydrogens (tertiary/aromatic N) is 2. The second-order valence-electron chi connectivity index (χ2n) is 5.24. The van der Waals surface area contributed by atoms with Gasteiger partial charge in [0.05, 0.1) is 6.54 Å². The summed E-state index contributed by atoms with van der Waals surface area (Å²) in [5, 5.41) is 3.27. The topological polar surface area (TPSA) is 35.6 Å². The Morgan fingerprint density at radius 1 is 1.40 bits per heavy atom. The maximum absolute atomic E-state index is 12.1. The van der Waals surface area contributed by atoms with Gasteiger partial charge in [-0.3, -0.25) is 9.69 Å². The number of carbonyl (C=O) groups excluding carboxylic acids is 1. The Bertz CT molecular complexity index is 444. The van der Waals surface area contributed by atoms with Gasteiger partial charge in [-0.1, -0.05) is 0 Å². The Balaban J connectivity index is 0.00000200. The molecule has 1 aliphatic heterocycles. The van der Waals surface area contributed by atoms with Crippen LogP contribution in [0.3, 0.4) is 0 Å². The average molecular weight is 318 g/mol. The molecule has 1 N–H and O–H groups in total. The number of halogens is 1. The molecule has 1 saturated heterocycles. The van der Waals surface area contributed by atoms with Crippen LogP contribution in [0.25, 0.3) is 0 Å². The van der Waals surface area contributed by atoms with Crippen molar-refractivity contribution < 1.29 is 4.79 Å². The summed E-state index contributed by atoms with van der Waals surface area (Å²) in [6.45, 7) is 9.15. The largest absolute Gasteiger partial charge is 0.339 e. The molecule has 1 aromatic rings. The maximum Gasteiger partial charge on any atom is 0.236 e. The predicted octanol–water partition coefficient (Wildman–Crippen LogP) is 1.65. The third-order valence-corrected chi connectivity index (χ3v) is 4.47. The van der Waals surface area contributed by atoms with E-state index in [1.54, 1.807) is 0 Å². The molecule has 2 heterocycles. The molecule has 1 amide bonds. The van der Waals surface area contributed by atoms with Gasteiger partial charge in [0.15, 0.2) is 0 Å². The number of likely N-dealkylation sites (N-methyl/N-ethyl adjacent to an activating group) is 1. The molecule has 1 aromatic heterocycles. The molecule has 1 aliphatic rings. The lowest BCUT2D eigenvalue weighted by atomic mass is 10.2. The second kappa shape index (κ2) is 7.98. The molecule has 0 aromatic carbocycles. The number of nitrogens with one attached hydrogen (secondary N) is 1. The standard InChI is InChI=1S/C14H23N3OS.ClH/c1-11-8-13(12(2)19-11)9-16(3)10-14(18)17-6-4-15-5-7-17;/h8,15H,4-7,9-10H2,1-3H3;1H. The van der Waals surface area contributed by atoms with E-state index in [0.717, 1.165) is 32.7 Å². The van der Waals surface area contributed by atoms with Crippen molar-refractivity contribution in [2.24, 2.45) is 0 Å². The summed E-state index contributed by atoms with van der Waals surface area (Å²) in [6, 6.07) is 2.23. The van der Waals surface area contributed by atoms with Crippen LogP contribution in [0.4, 0.5) is 0 Å². The lowest BCUT2D eigenvalue weighted by Gasteiger charge is -2.29. The van der Waals surface area contributed by atoms with Crippen LogP contribution in [0.1, 0.15) is 15.3 Å². The number of hydrogen-bond donors (Lipinski definition) is 1. The van der Waals surface area contributed by atoms with Crippen molar-refractivity contribution in [2.75, 3.05) is 39.8 Å². The molecule has 4 nitrogen and oxygen atoms in total. The molecule has 0 bridgehead atoms. The maximum atomic E-state index is 12.1. The highest BCUT2D eigenvalue weighted by molar-refractivity contribution is 7.12. The Kier molecular flexibility index (Phi) is 6.95. The fraction of sp³-hybridized carbons (Fsp3) is 0.643. The fourth-order valence-corrected chi connectivity index (χ4v) is 3.37. The average Bonchev–Trinajstić information content (AvgIpc) is 2.68. The zero-order valence-electron chi connectivity index (χ0n) is 12.4. The Labute approximate surface area is 131 Å². The summed E-state index contributed by atoms with van der Waals surface area (Å²) in [5.41, 5.74) is 1.35. The number of aryl methyl sites for hydroxylation is 2. The smallest absolute Gasteiger partial charge is 0.236 e. The van der Waals surface area contributed by atoms with E-state index < -0.39 is 0 Å². The molecule has 2 rings (SSSR count). The molecule has 0 spiro atoms. The highest BCUT2D eigenvalue weighted by Crippen LogP contribution is 2.21. The van der Waals surface area contributed by atoms with Gasteiger partial charge in [0.2, 0.25) is 5.91 Å². The van der Waals surface area contributed by atoms with Gasteiger partial charge in [-0.25, -0.2) is 0 Å². The Morgan fingerprint density at radius 3 is 2.60 bits per heavy atom. The molecule has 0 unspecified atom stereocenters. The van der Waals surface area contributed by atoms with Crippen LogP contribution in [0, 0.1) is 13.8 Å². The summed E-state index contributed by atoms with van der Waals surface area (Å²) < 4.78 is 0. The van der Waals surface area contributed by atoms with Crippen LogP contribution in [-0.2, 0) is 11.3 Å². The number of thiophene rings is 1. The molecule has 0 radical (unpaired) electrons. The van der Waals surface area contributed by atoms with Gasteiger partial charge in [-0.2, -0.15) is 0 Å². The molecular formula is C14H24ClN3OS. The van der Waals surface area contributed by atoms with E-state index >= 15 is 0 Å². The minimum atomic E-state index is 0. The van der Waals surface area contributed by atoms with Gasteiger partial charge in [-0.05, 0) is 32.5 Å². The van der Waals surface area contributed by atoms with Crippen molar-refractivity contribution in [2.45, 2.75) is 20.4 Å². The third kappa shape index (κ3) is 4.74. The van der Waals surface area contributed by atoms with Gasteiger partial charge < -0.3 is 10.2 Å². The monoisotopic (exact) mass is 317 g/mol. The van der Waals surface area contributed by atoms with Crippen molar-refractivity contribution >= 4 is 29.7 Å². The third-order valence-electron chi connectivity index (χ3n) is 3.46. The molecular weight excluding hydrogens is 294 g/mol. The number of amides is 1. The quantitative estimate of drug-likeness (QED) is 0.917. The SMILES string of the molecule is Cc1cc(CN(C)CC(=O)N2CCNCC2)c(C)s1.Cl. The zero-order valence-corrected chi connectivity index (χ0v) is 14.1. The predicted molar refractivity (Wildman–Crippen MR) is 86.8 cm³/mol. The van der Waals surface area contributed by atoms with Gasteiger partial charge in [0, 0.05) is 42.5 Å². The van der Waals surface area contributed by atoms with Crippen LogP contribution in [0.2, 0.25) is 0 Å². The van der Waals surface area contributed by atoms with E-state index in [1.807, 2.05) is 23.3 Å². The van der Waals surface area contributed by atoms with Crippen molar-refractivity contribution in [1.82, 2.24) is 15.1 Å². The van der Waals surface area contributed by atoms with E-state index in [4.69, 9.17) is 0 Å². The van der Waals surface area contributed by atoms with Crippen molar-refractivity contribution in [3.63, 3.8) is 0 Å². The van der Waals surface area contributed by atoms with Gasteiger partial charge >= 0.3 is 0 Å². The van der Waals surface area contributed by atoms with Crippen LogP contribution < -0.4 is 5.32 Å². The van der Waals surface area contributed by atoms with Crippen molar-refractivity contribution in [3.8, 4) is 0 Å². The molecule has 0 saturated carbocycles. The number of rotatable bonds is 4. The first-order valence-electron chi connectivity index (χ1n) is 6.79. The highest BCUT2D eigenvalue weighted by Gasteiger charge is 2.18. The lowest BCUT2D eigenvalue weighted by molar-refractivity contribution is -0.132. The molecule has 114 valence electrons. The molecule has 0 aliphatic carbocycles. The van der Waals surface area contributed by atoms with Gasteiger partial charge in [0.1, 0.15) is 0 Å². The van der Waals surface area contributed by atoms with Crippen molar-refractivity contribution in [1.29, 1.82) is 0 Å². The molecule has 0 atom stereocenters. The Morgan fingerprint density at radius 2 is 2.05 bits per heavy atom. The first kappa shape index (κ1) is 17.4. The molecule has 1 fully saturated rings. The first-order chi connectivity index (χ1) is 9.06. The summed E-state index contributed by atoms with van der Waals surface area (Å²) >= 11 is 1.83. The molecule has 20 heavy (non-hydrogen) atoms. The minimum absolute atomic E-state index is 0. The van der Waals surface area contributed by atoms with Gasteiger partial charge in [-0.15, -0.1) is 23.7 Å². The zero-order chi connectivity index (χ0) is 13.8. The number of carbonyl (C=O) groups is 1. The van der Waals surface area contributed by atoms with Crippen LogP contribution in [-0.4, -0.2) is 55.5 Å². The van der Waals surface area contributed by atoms with E-state index in [-0.39, 0.29) is 18.3 Å². The fourth-order valence-electron chi connectivity index (χ4n) is 2.43. The minimum Gasteiger partial charge on any atom is -0.339 e. The molecule has 6 heteroatoms. The van der Waals surface area contributed by atoms with Crippen molar-refractivity contribution in [3.05, 3.63) is 21.4 Å². The van der Waals surface area contributed by atoms with E-state index in [2.05, 4.69) is 30.1 Å². The van der Waals surface area contributed by atoms with Crippen LogP contribution >= 0.6 is 23.7 Å². The first-order valence-corrected chi connectivity index (χ1v) is 7.61. The van der Waals surface area contributed by atoms with E-state index in [1.165, 1.54) is 15.3 Å². The van der Waals surface area contributed by atoms with Crippen LogP contribution in [0.5, 0.6) is 0 Å². The summed E-state index contributed by atoms with van der Waals surface area (Å²) in [7, 11) is 2.02.